The van der Waals surface area contributed by atoms with Gasteiger partial charge in [-0.15, -0.1) is 12.4 Å². The third kappa shape index (κ3) is 3.68. The van der Waals surface area contributed by atoms with E-state index in [2.05, 4.69) is 15.7 Å². The van der Waals surface area contributed by atoms with Crippen LogP contribution < -0.4 is 10.6 Å². The zero-order chi connectivity index (χ0) is 13.1. The molecule has 1 saturated heterocycles. The van der Waals surface area contributed by atoms with Gasteiger partial charge in [0.05, 0.1) is 12.3 Å². The molecule has 1 aliphatic heterocycles. The number of aromatic nitrogens is 2. The monoisotopic (exact) mass is 288 g/mol. The molecule has 0 aliphatic carbocycles. The van der Waals surface area contributed by atoms with Crippen LogP contribution in [-0.4, -0.2) is 41.5 Å². The molecular formula is C12H21ClN4O2. The molecule has 0 spiro atoms. The first-order valence-corrected chi connectivity index (χ1v) is 6.18. The highest BCUT2D eigenvalue weighted by Gasteiger charge is 2.22. The van der Waals surface area contributed by atoms with E-state index in [-0.39, 0.29) is 24.4 Å². The van der Waals surface area contributed by atoms with Crippen LogP contribution in [0.15, 0.2) is 0 Å². The molecule has 0 aromatic carbocycles. The van der Waals surface area contributed by atoms with Gasteiger partial charge in [0, 0.05) is 37.9 Å². The van der Waals surface area contributed by atoms with Crippen molar-refractivity contribution in [1.82, 2.24) is 20.4 Å². The summed E-state index contributed by atoms with van der Waals surface area (Å²) in [6.45, 7) is 6.43. The lowest BCUT2D eigenvalue weighted by Crippen LogP contribution is -2.47. The maximum absolute atomic E-state index is 11.9. The Morgan fingerprint density at radius 2 is 2.32 bits per heavy atom. The maximum Gasteiger partial charge on any atom is 0.250 e. The number of nitrogens with zero attached hydrogens (tertiary/aromatic N) is 2. The second-order valence-corrected chi connectivity index (χ2v) is 4.55. The molecule has 1 aromatic rings. The van der Waals surface area contributed by atoms with Crippen LogP contribution in [0.1, 0.15) is 17.0 Å². The Hall–Kier alpha value is -1.11. The molecule has 2 N–H and O–H groups in total. The van der Waals surface area contributed by atoms with Crippen molar-refractivity contribution < 1.29 is 9.53 Å². The fourth-order valence-corrected chi connectivity index (χ4v) is 2.10. The van der Waals surface area contributed by atoms with Gasteiger partial charge in [-0.05, 0) is 13.8 Å². The summed E-state index contributed by atoms with van der Waals surface area (Å²) in [5.74, 6) is -0.0650. The summed E-state index contributed by atoms with van der Waals surface area (Å²) in [4.78, 5) is 11.9. The van der Waals surface area contributed by atoms with Crippen molar-refractivity contribution in [3.05, 3.63) is 17.0 Å². The highest BCUT2D eigenvalue weighted by Crippen LogP contribution is 2.11. The van der Waals surface area contributed by atoms with Crippen molar-refractivity contribution in [2.45, 2.75) is 26.5 Å². The fourth-order valence-electron chi connectivity index (χ4n) is 2.10. The topological polar surface area (TPSA) is 68.2 Å². The van der Waals surface area contributed by atoms with E-state index in [1.807, 2.05) is 25.6 Å². The summed E-state index contributed by atoms with van der Waals surface area (Å²) in [6, 6.07) is 0. The zero-order valence-electron chi connectivity index (χ0n) is 11.5. The molecule has 0 bridgehead atoms. The first-order chi connectivity index (χ1) is 8.59. The number of amides is 1. The molecule has 2 rings (SSSR count). The van der Waals surface area contributed by atoms with Gasteiger partial charge in [0.1, 0.15) is 6.10 Å². The second-order valence-electron chi connectivity index (χ2n) is 4.55. The minimum atomic E-state index is -0.379. The summed E-state index contributed by atoms with van der Waals surface area (Å²) >= 11 is 0. The molecular weight excluding hydrogens is 268 g/mol. The van der Waals surface area contributed by atoms with Crippen molar-refractivity contribution in [3.63, 3.8) is 0 Å². The fraction of sp³-hybridized carbons (Fsp3) is 0.667. The normalized spacial score (nSPS) is 18.8. The molecule has 6 nitrogen and oxygen atoms in total. The predicted octanol–water partition coefficient (Wildman–Crippen LogP) is 0.0633. The zero-order valence-corrected chi connectivity index (χ0v) is 12.3. The molecule has 2 heterocycles. The van der Waals surface area contributed by atoms with Crippen LogP contribution in [0.2, 0.25) is 0 Å². The van der Waals surface area contributed by atoms with Crippen molar-refractivity contribution in [1.29, 1.82) is 0 Å². The smallest absolute Gasteiger partial charge is 0.250 e. The van der Waals surface area contributed by atoms with E-state index in [9.17, 15) is 4.79 Å². The van der Waals surface area contributed by atoms with Crippen LogP contribution >= 0.6 is 12.4 Å². The number of ether oxygens (including phenoxy) is 1. The molecule has 0 radical (unpaired) electrons. The van der Waals surface area contributed by atoms with E-state index in [4.69, 9.17) is 4.74 Å². The van der Waals surface area contributed by atoms with E-state index < -0.39 is 0 Å². The van der Waals surface area contributed by atoms with Crippen LogP contribution in [-0.2, 0) is 23.1 Å². The highest BCUT2D eigenvalue weighted by molar-refractivity contribution is 5.85. The Bertz CT molecular complexity index is 441. The van der Waals surface area contributed by atoms with Crippen molar-refractivity contribution in [2.75, 3.05) is 19.7 Å². The molecule has 7 heteroatoms. The van der Waals surface area contributed by atoms with Crippen LogP contribution in [0.25, 0.3) is 0 Å². The van der Waals surface area contributed by atoms with Gasteiger partial charge in [-0.2, -0.15) is 5.10 Å². The van der Waals surface area contributed by atoms with Gasteiger partial charge in [0.2, 0.25) is 0 Å². The van der Waals surface area contributed by atoms with E-state index in [0.717, 1.165) is 23.5 Å². The average Bonchev–Trinajstić information content (AvgIpc) is 2.62. The van der Waals surface area contributed by atoms with Crippen molar-refractivity contribution in [2.24, 2.45) is 7.05 Å². The quantitative estimate of drug-likeness (QED) is 0.826. The van der Waals surface area contributed by atoms with Gasteiger partial charge in [0.15, 0.2) is 0 Å². The lowest BCUT2D eigenvalue weighted by molar-refractivity contribution is -0.134. The molecule has 19 heavy (non-hydrogen) atoms. The Morgan fingerprint density at radius 3 is 2.84 bits per heavy atom. The van der Waals surface area contributed by atoms with Crippen LogP contribution in [0.5, 0.6) is 0 Å². The van der Waals surface area contributed by atoms with Gasteiger partial charge in [-0.25, -0.2) is 0 Å². The number of hydrogen-bond donors (Lipinski definition) is 2. The number of nitrogens with one attached hydrogen (secondary N) is 2. The summed E-state index contributed by atoms with van der Waals surface area (Å²) in [5.41, 5.74) is 3.11. The predicted molar refractivity (Wildman–Crippen MR) is 74.4 cm³/mol. The molecule has 1 atom stereocenters. The summed E-state index contributed by atoms with van der Waals surface area (Å²) in [7, 11) is 1.90. The Morgan fingerprint density at radius 1 is 1.58 bits per heavy atom. The standard InChI is InChI=1S/C12H20N4O2.ClH/c1-8-10(9(2)16(3)15-8)6-14-12(17)11-7-13-4-5-18-11;/h11,13H,4-7H2,1-3H3,(H,14,17);1H. The highest BCUT2D eigenvalue weighted by atomic mass is 35.5. The number of carbonyl (C=O) groups is 1. The number of carbonyl (C=O) groups excluding carboxylic acids is 1. The van der Waals surface area contributed by atoms with Gasteiger partial charge in [0.25, 0.3) is 5.91 Å². The van der Waals surface area contributed by atoms with Crippen molar-refractivity contribution >= 4 is 18.3 Å². The Balaban J connectivity index is 0.00000180. The Labute approximate surface area is 119 Å². The number of morpholine rings is 1. The SMILES string of the molecule is Cc1nn(C)c(C)c1CNC(=O)C1CNCCO1.Cl. The number of hydrogen-bond acceptors (Lipinski definition) is 4. The third-order valence-electron chi connectivity index (χ3n) is 3.32. The first kappa shape index (κ1) is 15.9. The maximum atomic E-state index is 11.9. The van der Waals surface area contributed by atoms with E-state index in [1.165, 1.54) is 0 Å². The van der Waals surface area contributed by atoms with Gasteiger partial charge in [-0.3, -0.25) is 9.48 Å². The molecule has 1 aromatic heterocycles. The number of aryl methyl sites for hydroxylation is 2. The van der Waals surface area contributed by atoms with Crippen LogP contribution in [0, 0.1) is 13.8 Å². The first-order valence-electron chi connectivity index (χ1n) is 6.18. The van der Waals surface area contributed by atoms with Gasteiger partial charge < -0.3 is 15.4 Å². The molecule has 1 aliphatic rings. The molecule has 0 saturated carbocycles. The summed E-state index contributed by atoms with van der Waals surface area (Å²) < 4.78 is 7.23. The van der Waals surface area contributed by atoms with Gasteiger partial charge >= 0.3 is 0 Å². The average molecular weight is 289 g/mol. The minimum absolute atomic E-state index is 0. The lowest BCUT2D eigenvalue weighted by Gasteiger charge is -2.22. The third-order valence-corrected chi connectivity index (χ3v) is 3.32. The largest absolute Gasteiger partial charge is 0.366 e. The molecule has 1 unspecified atom stereocenters. The van der Waals surface area contributed by atoms with Crippen molar-refractivity contribution in [3.8, 4) is 0 Å². The Kier molecular flexibility index (Phi) is 5.78. The van der Waals surface area contributed by atoms with Crippen LogP contribution in [0.3, 0.4) is 0 Å². The van der Waals surface area contributed by atoms with E-state index in [0.29, 0.717) is 19.7 Å². The minimum Gasteiger partial charge on any atom is -0.366 e. The molecule has 108 valence electrons. The molecule has 1 fully saturated rings. The van der Waals surface area contributed by atoms with Gasteiger partial charge in [-0.1, -0.05) is 0 Å². The summed E-state index contributed by atoms with van der Waals surface area (Å²) in [6.07, 6.45) is -0.379. The van der Waals surface area contributed by atoms with E-state index >= 15 is 0 Å². The summed E-state index contributed by atoms with van der Waals surface area (Å²) in [5, 5.41) is 10.4. The second kappa shape index (κ2) is 6.88. The van der Waals surface area contributed by atoms with E-state index in [1.54, 1.807) is 0 Å². The number of halogens is 1. The number of rotatable bonds is 3. The van der Waals surface area contributed by atoms with Crippen LogP contribution in [0.4, 0.5) is 0 Å². The lowest BCUT2D eigenvalue weighted by atomic mass is 10.2. The molecule has 1 amide bonds.